The predicted octanol–water partition coefficient (Wildman–Crippen LogP) is 1.64. The molecule has 6 heteroatoms. The number of anilines is 1. The van der Waals surface area contributed by atoms with E-state index in [9.17, 15) is 18.8 Å². The molecule has 1 fully saturated rings. The van der Waals surface area contributed by atoms with Crippen LogP contribution in [-0.4, -0.2) is 35.7 Å². The standard InChI is InChI=1S/C16H17FN2O3/c17-12-4-3-11-2-1-8-18(13(11)10-12)16(22)7-9-19-14(20)5-6-15(19)21/h3-4,10H,1-2,5-9H2. The number of imide groups is 1. The molecule has 0 atom stereocenters. The van der Waals surface area contributed by atoms with Crippen molar-refractivity contribution in [2.24, 2.45) is 0 Å². The number of aryl methyl sites for hydroxylation is 1. The molecule has 1 aromatic rings. The highest BCUT2D eigenvalue weighted by atomic mass is 19.1. The molecule has 0 N–H and O–H groups in total. The fourth-order valence-electron chi connectivity index (χ4n) is 3.02. The van der Waals surface area contributed by atoms with E-state index in [1.165, 1.54) is 12.1 Å². The molecule has 0 unspecified atom stereocenters. The zero-order valence-corrected chi connectivity index (χ0v) is 12.2. The summed E-state index contributed by atoms with van der Waals surface area (Å²) < 4.78 is 13.4. The molecule has 0 bridgehead atoms. The second-order valence-electron chi connectivity index (χ2n) is 5.61. The minimum atomic E-state index is -0.372. The molecule has 0 aliphatic carbocycles. The number of amides is 3. The van der Waals surface area contributed by atoms with Gasteiger partial charge in [0, 0.05) is 38.0 Å². The summed E-state index contributed by atoms with van der Waals surface area (Å²) in [5.74, 6) is -0.992. The Morgan fingerprint density at radius 2 is 1.86 bits per heavy atom. The number of rotatable bonds is 3. The van der Waals surface area contributed by atoms with Gasteiger partial charge in [0.2, 0.25) is 17.7 Å². The Labute approximate surface area is 127 Å². The number of carbonyl (C=O) groups is 3. The third-order valence-corrected chi connectivity index (χ3v) is 4.17. The molecule has 0 radical (unpaired) electrons. The Balaban J connectivity index is 1.70. The van der Waals surface area contributed by atoms with Crippen LogP contribution in [0.2, 0.25) is 0 Å². The van der Waals surface area contributed by atoms with Crippen LogP contribution in [0.1, 0.15) is 31.2 Å². The Hall–Kier alpha value is -2.24. The highest BCUT2D eigenvalue weighted by Gasteiger charge is 2.30. The van der Waals surface area contributed by atoms with E-state index in [4.69, 9.17) is 0 Å². The maximum absolute atomic E-state index is 13.4. The molecule has 2 aliphatic heterocycles. The minimum Gasteiger partial charge on any atom is -0.312 e. The Morgan fingerprint density at radius 1 is 1.14 bits per heavy atom. The first-order valence-corrected chi connectivity index (χ1v) is 7.48. The lowest BCUT2D eigenvalue weighted by molar-refractivity contribution is -0.138. The van der Waals surface area contributed by atoms with Crippen molar-refractivity contribution >= 4 is 23.4 Å². The van der Waals surface area contributed by atoms with E-state index in [2.05, 4.69) is 0 Å². The van der Waals surface area contributed by atoms with Crippen molar-refractivity contribution < 1.29 is 18.8 Å². The highest BCUT2D eigenvalue weighted by Crippen LogP contribution is 2.28. The van der Waals surface area contributed by atoms with Crippen LogP contribution in [0.15, 0.2) is 18.2 Å². The quantitative estimate of drug-likeness (QED) is 0.798. The normalized spacial score (nSPS) is 17.9. The van der Waals surface area contributed by atoms with Gasteiger partial charge in [0.05, 0.1) is 0 Å². The van der Waals surface area contributed by atoms with Crippen LogP contribution >= 0.6 is 0 Å². The molecule has 2 aliphatic rings. The van der Waals surface area contributed by atoms with E-state index in [-0.39, 0.29) is 49.3 Å². The lowest BCUT2D eigenvalue weighted by Gasteiger charge is -2.30. The summed E-state index contributed by atoms with van der Waals surface area (Å²) >= 11 is 0. The second kappa shape index (κ2) is 5.87. The van der Waals surface area contributed by atoms with Gasteiger partial charge in [0.15, 0.2) is 0 Å². The van der Waals surface area contributed by atoms with E-state index in [1.807, 2.05) is 0 Å². The van der Waals surface area contributed by atoms with Crippen LogP contribution in [0, 0.1) is 5.82 Å². The summed E-state index contributed by atoms with van der Waals surface area (Å²) in [4.78, 5) is 38.2. The maximum Gasteiger partial charge on any atom is 0.229 e. The molecule has 1 saturated heterocycles. The fourth-order valence-corrected chi connectivity index (χ4v) is 3.02. The third kappa shape index (κ3) is 2.73. The molecular formula is C16H17FN2O3. The molecule has 116 valence electrons. The van der Waals surface area contributed by atoms with E-state index < -0.39 is 0 Å². The first-order valence-electron chi connectivity index (χ1n) is 7.48. The lowest BCUT2D eigenvalue weighted by atomic mass is 10.0. The molecule has 0 aromatic heterocycles. The summed E-state index contributed by atoms with van der Waals surface area (Å²) in [6.07, 6.45) is 2.18. The fraction of sp³-hybridized carbons (Fsp3) is 0.438. The van der Waals surface area contributed by atoms with Gasteiger partial charge < -0.3 is 4.90 Å². The van der Waals surface area contributed by atoms with Gasteiger partial charge in [-0.1, -0.05) is 6.07 Å². The SMILES string of the molecule is O=C1CCC(=O)N1CCC(=O)N1CCCc2ccc(F)cc21. The van der Waals surface area contributed by atoms with Crippen molar-refractivity contribution in [2.75, 3.05) is 18.0 Å². The molecule has 2 heterocycles. The summed E-state index contributed by atoms with van der Waals surface area (Å²) in [6, 6.07) is 4.48. The summed E-state index contributed by atoms with van der Waals surface area (Å²) in [5.41, 5.74) is 1.56. The number of hydrogen-bond donors (Lipinski definition) is 0. The first kappa shape index (κ1) is 14.7. The largest absolute Gasteiger partial charge is 0.312 e. The van der Waals surface area contributed by atoms with Crippen LogP contribution in [0.25, 0.3) is 0 Å². The number of benzene rings is 1. The van der Waals surface area contributed by atoms with Crippen molar-refractivity contribution in [3.63, 3.8) is 0 Å². The van der Waals surface area contributed by atoms with Gasteiger partial charge in [-0.15, -0.1) is 0 Å². The highest BCUT2D eigenvalue weighted by molar-refractivity contribution is 6.02. The van der Waals surface area contributed by atoms with Gasteiger partial charge in [0.25, 0.3) is 0 Å². The Bertz CT molecular complexity index is 628. The molecule has 1 aromatic carbocycles. The second-order valence-corrected chi connectivity index (χ2v) is 5.61. The molecule has 22 heavy (non-hydrogen) atoms. The predicted molar refractivity (Wildman–Crippen MR) is 77.6 cm³/mol. The summed E-state index contributed by atoms with van der Waals surface area (Å²) in [5, 5.41) is 0. The van der Waals surface area contributed by atoms with Gasteiger partial charge in [-0.05, 0) is 30.5 Å². The van der Waals surface area contributed by atoms with Crippen molar-refractivity contribution in [3.8, 4) is 0 Å². The maximum atomic E-state index is 13.4. The van der Waals surface area contributed by atoms with Crippen molar-refractivity contribution in [3.05, 3.63) is 29.6 Å². The van der Waals surface area contributed by atoms with Crippen molar-refractivity contribution in [1.82, 2.24) is 4.90 Å². The van der Waals surface area contributed by atoms with Gasteiger partial charge >= 0.3 is 0 Å². The van der Waals surface area contributed by atoms with E-state index >= 15 is 0 Å². The average molecular weight is 304 g/mol. The van der Waals surface area contributed by atoms with Crippen LogP contribution < -0.4 is 4.90 Å². The van der Waals surface area contributed by atoms with Crippen LogP contribution in [0.4, 0.5) is 10.1 Å². The topological polar surface area (TPSA) is 57.7 Å². The monoisotopic (exact) mass is 304 g/mol. The molecule has 3 rings (SSSR count). The molecule has 3 amide bonds. The summed E-state index contributed by atoms with van der Waals surface area (Å²) in [6.45, 7) is 0.648. The number of carbonyl (C=O) groups excluding carboxylic acids is 3. The van der Waals surface area contributed by atoms with Crippen LogP contribution in [0.3, 0.4) is 0 Å². The van der Waals surface area contributed by atoms with E-state index in [0.717, 1.165) is 23.3 Å². The molecule has 0 saturated carbocycles. The molecule has 0 spiro atoms. The molecule has 5 nitrogen and oxygen atoms in total. The van der Waals surface area contributed by atoms with Gasteiger partial charge in [-0.3, -0.25) is 19.3 Å². The van der Waals surface area contributed by atoms with Gasteiger partial charge in [0.1, 0.15) is 5.82 Å². The van der Waals surface area contributed by atoms with Gasteiger partial charge in [-0.2, -0.15) is 0 Å². The van der Waals surface area contributed by atoms with E-state index in [1.54, 1.807) is 11.0 Å². The third-order valence-electron chi connectivity index (χ3n) is 4.17. The van der Waals surface area contributed by atoms with Crippen molar-refractivity contribution in [1.29, 1.82) is 0 Å². The number of likely N-dealkylation sites (tertiary alicyclic amines) is 1. The number of hydrogen-bond acceptors (Lipinski definition) is 3. The van der Waals surface area contributed by atoms with Crippen LogP contribution in [-0.2, 0) is 20.8 Å². The minimum absolute atomic E-state index is 0.0768. The lowest BCUT2D eigenvalue weighted by Crippen LogP contribution is -2.39. The number of halogens is 1. The number of nitrogens with zero attached hydrogens (tertiary/aromatic N) is 2. The van der Waals surface area contributed by atoms with E-state index in [0.29, 0.717) is 12.2 Å². The average Bonchev–Trinajstić information content (AvgIpc) is 2.83. The van der Waals surface area contributed by atoms with Gasteiger partial charge in [-0.25, -0.2) is 4.39 Å². The molecular weight excluding hydrogens is 287 g/mol. The smallest absolute Gasteiger partial charge is 0.229 e. The Morgan fingerprint density at radius 3 is 2.59 bits per heavy atom. The first-order chi connectivity index (χ1) is 10.6. The van der Waals surface area contributed by atoms with Crippen molar-refractivity contribution in [2.45, 2.75) is 32.1 Å². The summed E-state index contributed by atoms with van der Waals surface area (Å²) in [7, 11) is 0. The number of fused-ring (bicyclic) bond motifs is 1. The zero-order valence-electron chi connectivity index (χ0n) is 12.2. The zero-order chi connectivity index (χ0) is 15.7. The Kier molecular flexibility index (Phi) is 3.92. The van der Waals surface area contributed by atoms with Crippen LogP contribution in [0.5, 0.6) is 0 Å².